The molecule has 2 aliphatic heterocycles. The van der Waals surface area contributed by atoms with Crippen molar-refractivity contribution in [2.24, 2.45) is 0 Å². The van der Waals surface area contributed by atoms with Crippen molar-refractivity contribution in [2.75, 3.05) is 90.3 Å². The van der Waals surface area contributed by atoms with E-state index in [1.54, 1.807) is 68.7 Å². The fourth-order valence-electron chi connectivity index (χ4n) is 10.5. The van der Waals surface area contributed by atoms with Crippen LogP contribution in [0.25, 0.3) is 21.5 Å². The largest absolute Gasteiger partial charge is 0.481 e. The first-order valence-corrected chi connectivity index (χ1v) is 33.4. The van der Waals surface area contributed by atoms with E-state index in [1.165, 1.54) is 12.1 Å². The zero-order valence-electron chi connectivity index (χ0n) is 46.0. The average molecular weight is 1260 g/mol. The molecule has 6 rings (SSSR count). The molecule has 83 heavy (non-hydrogen) atoms. The molecule has 0 saturated heterocycles. The van der Waals surface area contributed by atoms with E-state index in [-0.39, 0.29) is 73.8 Å². The van der Waals surface area contributed by atoms with E-state index >= 15 is 0 Å². The molecule has 2 aliphatic rings. The van der Waals surface area contributed by atoms with Gasteiger partial charge >= 0.3 is 5.97 Å². The monoisotopic (exact) mass is 1260 g/mol. The molecule has 1 unspecified atom stereocenters. The summed E-state index contributed by atoms with van der Waals surface area (Å²) in [5, 5.41) is 9.25. The van der Waals surface area contributed by atoms with E-state index in [0.717, 1.165) is 12.1 Å². The number of nitrogens with zero attached hydrogens (tertiary/aromatic N) is 2. The topological polar surface area (TPSA) is 362 Å². The van der Waals surface area contributed by atoms with Crippen molar-refractivity contribution in [2.45, 2.75) is 89.7 Å². The zero-order chi connectivity index (χ0) is 61.2. The molecule has 1 atom stereocenters. The standard InChI is InChI=1S/C54H68N2O22S5/c1-53(2)48(55(22-12-8-11-16-50(57)58)44-19-17-40-42(51(44)53)34-38(80(62,63)64)36-46(40)82(68,69)70)14-9-6-5-7-10-15-49-54(3,21-13-33-79(59,60)61)52-43-35-39(81(65,66)67)37-47(83(71,72)73)41(43)18-20-45(52)56(49)23-24-75-27-28-77-31-32-78-30-29-76-26-25-74-4/h5-7,9-10,14-15,17-20,34-37H,8,11-13,16,21-33H2,1-4H3,(H5-,57,58,59,60,61,62,63,64,65,66,67,68,69,70,71,72,73)/p+1. The number of hydrogen-bond acceptors (Lipinski definition) is 17. The lowest BCUT2D eigenvalue weighted by molar-refractivity contribution is -0.438. The van der Waals surface area contributed by atoms with Crippen LogP contribution in [0.5, 0.6) is 0 Å². The first kappa shape index (κ1) is 66.8. The zero-order valence-corrected chi connectivity index (χ0v) is 50.1. The predicted molar refractivity (Wildman–Crippen MR) is 307 cm³/mol. The van der Waals surface area contributed by atoms with Gasteiger partial charge in [0.1, 0.15) is 16.3 Å². The highest BCUT2D eigenvalue weighted by molar-refractivity contribution is 7.87. The number of methoxy groups -OCH3 is 1. The number of allylic oxidation sites excluding steroid dienone is 8. The van der Waals surface area contributed by atoms with Crippen molar-refractivity contribution in [3.05, 3.63) is 108 Å². The van der Waals surface area contributed by atoms with Gasteiger partial charge in [-0.15, -0.1) is 0 Å². The van der Waals surface area contributed by atoms with Gasteiger partial charge in [-0.3, -0.25) is 27.6 Å². The highest BCUT2D eigenvalue weighted by Crippen LogP contribution is 2.54. The quantitative estimate of drug-likeness (QED) is 0.0125. The number of benzene rings is 4. The second kappa shape index (κ2) is 27.8. The molecule has 0 amide bonds. The lowest BCUT2D eigenvalue weighted by atomic mass is 9.75. The molecule has 0 aromatic heterocycles. The van der Waals surface area contributed by atoms with Crippen molar-refractivity contribution in [1.82, 2.24) is 0 Å². The Hall–Kier alpha value is -5.35. The Kier molecular flexibility index (Phi) is 22.4. The normalized spacial score (nSPS) is 17.4. The fraction of sp³-hybridized carbons (Fsp3) is 0.444. The SMILES string of the molecule is COCCOCCOCCOCCOCCN1/C(=C/C=C/C=C/C=C/C2=[N+](CCCCCC(=O)O)c3ccc4c(S(=O)(=O)O)cc(S(=O)(=O)O)cc4c3C2(C)C)C(C)(CCCS(=O)(=O)O)c2c1ccc1c(S(=O)(=O)O)cc(S(=O)(=O)O)cc21. The van der Waals surface area contributed by atoms with E-state index in [0.29, 0.717) is 105 Å². The van der Waals surface area contributed by atoms with Crippen molar-refractivity contribution in [3.63, 3.8) is 0 Å². The van der Waals surface area contributed by atoms with E-state index in [4.69, 9.17) is 23.7 Å². The van der Waals surface area contributed by atoms with E-state index < -0.39 is 92.7 Å². The fourth-order valence-corrected chi connectivity index (χ4v) is 13.7. The van der Waals surface area contributed by atoms with Gasteiger partial charge in [0, 0.05) is 71.8 Å². The number of carbonyl (C=O) groups is 1. The highest BCUT2D eigenvalue weighted by atomic mass is 32.2. The van der Waals surface area contributed by atoms with Gasteiger partial charge in [-0.25, -0.2) is 0 Å². The Morgan fingerprint density at radius 3 is 1.60 bits per heavy atom. The van der Waals surface area contributed by atoms with Gasteiger partial charge in [0.15, 0.2) is 5.71 Å². The van der Waals surface area contributed by atoms with Gasteiger partial charge in [-0.2, -0.15) is 46.7 Å². The number of rotatable bonds is 33. The first-order valence-electron chi connectivity index (χ1n) is 26.1. The molecule has 6 N–H and O–H groups in total. The van der Waals surface area contributed by atoms with Gasteiger partial charge in [0.25, 0.3) is 50.6 Å². The van der Waals surface area contributed by atoms with Crippen molar-refractivity contribution in [3.8, 4) is 0 Å². The minimum atomic E-state index is -5.12. The van der Waals surface area contributed by atoms with Crippen LogP contribution in [0.3, 0.4) is 0 Å². The summed E-state index contributed by atoms with van der Waals surface area (Å²) < 4.78 is 205. The molecule has 4 aromatic carbocycles. The molecule has 0 spiro atoms. The van der Waals surface area contributed by atoms with Crippen LogP contribution in [0.15, 0.2) is 116 Å². The summed E-state index contributed by atoms with van der Waals surface area (Å²) in [6.45, 7) is 8.54. The molecule has 2 heterocycles. The lowest BCUT2D eigenvalue weighted by Gasteiger charge is -2.31. The number of anilines is 1. The third kappa shape index (κ3) is 17.0. The summed E-state index contributed by atoms with van der Waals surface area (Å²) in [7, 11) is -23.1. The maximum absolute atomic E-state index is 12.8. The third-order valence-corrected chi connectivity index (χ3v) is 18.4. The van der Waals surface area contributed by atoms with Crippen LogP contribution in [0.2, 0.25) is 0 Å². The molecule has 0 fully saturated rings. The minimum Gasteiger partial charge on any atom is -0.481 e. The van der Waals surface area contributed by atoms with Crippen molar-refractivity contribution >= 4 is 95.2 Å². The number of fused-ring (bicyclic) bond motifs is 6. The Balaban J connectivity index is 1.37. The Bertz CT molecular complexity index is 3820. The van der Waals surface area contributed by atoms with Crippen LogP contribution < -0.4 is 4.90 Å². The second-order valence-electron chi connectivity index (χ2n) is 20.2. The summed E-state index contributed by atoms with van der Waals surface area (Å²) >= 11 is 0. The summed E-state index contributed by atoms with van der Waals surface area (Å²) in [6.07, 6.45) is 13.1. The van der Waals surface area contributed by atoms with Crippen LogP contribution >= 0.6 is 0 Å². The van der Waals surface area contributed by atoms with Crippen molar-refractivity contribution in [1.29, 1.82) is 0 Å². The number of aliphatic carboxylic acids is 1. The number of ether oxygens (including phenoxy) is 5. The summed E-state index contributed by atoms with van der Waals surface area (Å²) in [4.78, 5) is 9.95. The molecule has 0 saturated carbocycles. The Labute approximate surface area is 483 Å². The summed E-state index contributed by atoms with van der Waals surface area (Å²) in [5.41, 5.74) is 0.651. The highest BCUT2D eigenvalue weighted by Gasteiger charge is 2.47. The van der Waals surface area contributed by atoms with Crippen molar-refractivity contribution < 1.29 is 103 Å². The van der Waals surface area contributed by atoms with Crippen LogP contribution in [-0.4, -0.2) is 172 Å². The van der Waals surface area contributed by atoms with Crippen LogP contribution in [-0.2, 0) is 89.9 Å². The van der Waals surface area contributed by atoms with Crippen LogP contribution in [0.1, 0.15) is 70.4 Å². The lowest BCUT2D eigenvalue weighted by Crippen LogP contribution is -2.31. The maximum Gasteiger partial charge on any atom is 0.303 e. The maximum atomic E-state index is 12.8. The molecule has 0 radical (unpaired) electrons. The summed E-state index contributed by atoms with van der Waals surface area (Å²) in [5.74, 6) is -1.63. The minimum absolute atomic E-state index is 0.00160. The van der Waals surface area contributed by atoms with Crippen LogP contribution in [0.4, 0.5) is 11.4 Å². The number of hydrogen-bond donors (Lipinski definition) is 6. The van der Waals surface area contributed by atoms with E-state index in [2.05, 4.69) is 0 Å². The molecular formula is C54H69N2O22S5+. The van der Waals surface area contributed by atoms with Gasteiger partial charge in [0.2, 0.25) is 5.69 Å². The van der Waals surface area contributed by atoms with Gasteiger partial charge in [0.05, 0.1) is 80.4 Å². The smallest absolute Gasteiger partial charge is 0.303 e. The molecule has 0 bridgehead atoms. The third-order valence-electron chi connectivity index (χ3n) is 14.1. The molecule has 29 heteroatoms. The van der Waals surface area contributed by atoms with Gasteiger partial charge in [-0.1, -0.05) is 36.4 Å². The molecule has 4 aromatic rings. The Morgan fingerprint density at radius 1 is 0.578 bits per heavy atom. The van der Waals surface area contributed by atoms with Gasteiger partial charge < -0.3 is 33.7 Å². The first-order chi connectivity index (χ1) is 38.8. The van der Waals surface area contributed by atoms with Crippen LogP contribution in [0, 0.1) is 0 Å². The number of carboxylic acid groups (broad SMARTS) is 1. The number of carboxylic acids is 1. The second-order valence-corrected chi connectivity index (χ2v) is 27.4. The predicted octanol–water partition coefficient (Wildman–Crippen LogP) is 6.71. The van der Waals surface area contributed by atoms with Gasteiger partial charge in [-0.05, 0) is 105 Å². The molecule has 456 valence electrons. The Morgan fingerprint density at radius 2 is 1.08 bits per heavy atom. The molecule has 24 nitrogen and oxygen atoms in total. The number of unbranched alkanes of at least 4 members (excludes halogenated alkanes) is 2. The molecular weight excluding hydrogens is 1190 g/mol. The van der Waals surface area contributed by atoms with E-state index in [9.17, 15) is 74.8 Å². The molecule has 0 aliphatic carbocycles. The average Bonchev–Trinajstić information content (AvgIpc) is 1.95. The summed E-state index contributed by atoms with van der Waals surface area (Å²) in [6, 6.07) is 9.51. The van der Waals surface area contributed by atoms with E-state index in [1.807, 2.05) is 23.3 Å².